The highest BCUT2D eigenvalue weighted by molar-refractivity contribution is 7.18. The van der Waals surface area contributed by atoms with E-state index in [9.17, 15) is 9.59 Å². The maximum atomic E-state index is 13.0. The van der Waals surface area contributed by atoms with E-state index in [4.69, 9.17) is 0 Å². The number of thiophene rings is 2. The highest BCUT2D eigenvalue weighted by atomic mass is 32.1. The lowest BCUT2D eigenvalue weighted by molar-refractivity contribution is 0.0973. The van der Waals surface area contributed by atoms with E-state index in [0.29, 0.717) is 10.7 Å². The van der Waals surface area contributed by atoms with Crippen LogP contribution in [0.4, 0.5) is 0 Å². The van der Waals surface area contributed by atoms with Crippen LogP contribution in [-0.4, -0.2) is 15.3 Å². The van der Waals surface area contributed by atoms with Gasteiger partial charge in [-0.15, -0.1) is 22.7 Å². The van der Waals surface area contributed by atoms with Crippen LogP contribution in [0.5, 0.6) is 0 Å². The summed E-state index contributed by atoms with van der Waals surface area (Å²) in [6.45, 7) is 1.87. The van der Waals surface area contributed by atoms with E-state index >= 15 is 0 Å². The van der Waals surface area contributed by atoms with E-state index in [1.54, 1.807) is 24.3 Å². The predicted octanol–water partition coefficient (Wildman–Crippen LogP) is 3.59. The minimum Gasteiger partial charge on any atom is -0.291 e. The smallest absolute Gasteiger partial charge is 0.262 e. The number of nitrogens with zero attached hydrogens (tertiary/aromatic N) is 2. The van der Waals surface area contributed by atoms with E-state index in [2.05, 4.69) is 4.98 Å². The molecular formula is C17H16N2O2S2. The zero-order valence-electron chi connectivity index (χ0n) is 12.8. The molecule has 0 saturated carbocycles. The fourth-order valence-electron chi connectivity index (χ4n) is 3.18. The average Bonchev–Trinajstić information content (AvgIpc) is 3.18. The zero-order chi connectivity index (χ0) is 16.0. The van der Waals surface area contributed by atoms with E-state index < -0.39 is 0 Å². The second-order valence-electron chi connectivity index (χ2n) is 5.84. The van der Waals surface area contributed by atoms with Gasteiger partial charge < -0.3 is 0 Å². The maximum Gasteiger partial charge on any atom is 0.262 e. The number of Topliss-reactive ketones (excluding diaryl/α,β-unsaturated/α-hetero) is 1. The lowest BCUT2D eigenvalue weighted by atomic mass is 9.97. The van der Waals surface area contributed by atoms with Gasteiger partial charge in [-0.2, -0.15) is 0 Å². The molecule has 0 fully saturated rings. The van der Waals surface area contributed by atoms with Gasteiger partial charge in [0.2, 0.25) is 0 Å². The Morgan fingerprint density at radius 1 is 1.35 bits per heavy atom. The van der Waals surface area contributed by atoms with Crippen molar-refractivity contribution in [3.05, 3.63) is 49.0 Å². The lowest BCUT2D eigenvalue weighted by Crippen LogP contribution is -2.27. The van der Waals surface area contributed by atoms with Gasteiger partial charge in [0.15, 0.2) is 5.78 Å². The molecule has 0 atom stereocenters. The molecule has 0 radical (unpaired) electrons. The largest absolute Gasteiger partial charge is 0.291 e. The minimum absolute atomic E-state index is 0.0320. The second-order valence-corrected chi connectivity index (χ2v) is 7.87. The van der Waals surface area contributed by atoms with Crippen LogP contribution in [0, 0.1) is 6.92 Å². The first-order valence-corrected chi connectivity index (χ1v) is 9.43. The molecule has 3 aromatic rings. The zero-order valence-corrected chi connectivity index (χ0v) is 14.4. The van der Waals surface area contributed by atoms with Crippen LogP contribution < -0.4 is 5.56 Å². The van der Waals surface area contributed by atoms with Gasteiger partial charge in [0.25, 0.3) is 5.56 Å². The van der Waals surface area contributed by atoms with Crippen LogP contribution in [0.25, 0.3) is 10.2 Å². The summed E-state index contributed by atoms with van der Waals surface area (Å²) in [5.74, 6) is 0.585. The summed E-state index contributed by atoms with van der Waals surface area (Å²) in [7, 11) is 0. The third-order valence-corrected chi connectivity index (χ3v) is 6.46. The van der Waals surface area contributed by atoms with Gasteiger partial charge in [0.1, 0.15) is 10.7 Å². The number of hydrogen-bond donors (Lipinski definition) is 0. The van der Waals surface area contributed by atoms with Gasteiger partial charge in [0.05, 0.1) is 16.8 Å². The normalized spacial score (nSPS) is 14.1. The van der Waals surface area contributed by atoms with Gasteiger partial charge in [-0.3, -0.25) is 14.2 Å². The van der Waals surface area contributed by atoms with Crippen molar-refractivity contribution in [1.82, 2.24) is 9.55 Å². The summed E-state index contributed by atoms with van der Waals surface area (Å²) in [5, 5.41) is 2.62. The number of ketones is 1. The lowest BCUT2D eigenvalue weighted by Gasteiger charge is -2.11. The summed E-state index contributed by atoms with van der Waals surface area (Å²) >= 11 is 3.05. The Morgan fingerprint density at radius 3 is 2.96 bits per heavy atom. The minimum atomic E-state index is -0.0585. The standard InChI is InChI=1S/C17H16N2O2S2/c1-10-18-16-15(11-5-2-3-6-13(11)23-16)17(21)19(10)9-12(20)14-7-4-8-22-14/h4,7-8H,2-3,5-6,9H2,1H3. The van der Waals surface area contributed by atoms with Crippen molar-refractivity contribution < 1.29 is 4.79 Å². The average molecular weight is 344 g/mol. The van der Waals surface area contributed by atoms with Crippen molar-refractivity contribution in [2.75, 3.05) is 0 Å². The molecule has 0 aliphatic heterocycles. The second kappa shape index (κ2) is 5.69. The molecule has 6 heteroatoms. The molecule has 0 amide bonds. The molecule has 23 heavy (non-hydrogen) atoms. The van der Waals surface area contributed by atoms with E-state index in [0.717, 1.165) is 29.5 Å². The van der Waals surface area contributed by atoms with Gasteiger partial charge >= 0.3 is 0 Å². The van der Waals surface area contributed by atoms with Crippen LogP contribution >= 0.6 is 22.7 Å². The highest BCUT2D eigenvalue weighted by Crippen LogP contribution is 2.33. The Labute approximate surface area is 141 Å². The van der Waals surface area contributed by atoms with Crippen LogP contribution in [0.15, 0.2) is 22.3 Å². The molecule has 4 rings (SSSR count). The fraction of sp³-hybridized carbons (Fsp3) is 0.353. The molecule has 3 aromatic heterocycles. The van der Waals surface area contributed by atoms with Crippen LogP contribution in [0.2, 0.25) is 0 Å². The van der Waals surface area contributed by atoms with Gasteiger partial charge in [-0.05, 0) is 49.6 Å². The molecule has 0 saturated heterocycles. The van der Waals surface area contributed by atoms with Crippen molar-refractivity contribution in [3.63, 3.8) is 0 Å². The number of aryl methyl sites for hydroxylation is 3. The van der Waals surface area contributed by atoms with Gasteiger partial charge in [0, 0.05) is 4.88 Å². The quantitative estimate of drug-likeness (QED) is 0.682. The van der Waals surface area contributed by atoms with Crippen LogP contribution in [0.1, 0.15) is 38.8 Å². The summed E-state index contributed by atoms with van der Waals surface area (Å²) in [6, 6.07) is 3.65. The Balaban J connectivity index is 1.84. The summed E-state index contributed by atoms with van der Waals surface area (Å²) in [5.41, 5.74) is 1.11. The van der Waals surface area contributed by atoms with Gasteiger partial charge in [-0.1, -0.05) is 6.07 Å². The van der Waals surface area contributed by atoms with Crippen molar-refractivity contribution >= 4 is 38.7 Å². The first-order valence-electron chi connectivity index (χ1n) is 7.73. The molecule has 0 aromatic carbocycles. The Hall–Kier alpha value is -1.79. The first-order chi connectivity index (χ1) is 11.1. The number of rotatable bonds is 3. The molecule has 1 aliphatic carbocycles. The molecular weight excluding hydrogens is 328 g/mol. The number of fused-ring (bicyclic) bond motifs is 3. The third kappa shape index (κ3) is 2.46. The molecule has 0 bridgehead atoms. The van der Waals surface area contributed by atoms with Crippen LogP contribution in [0.3, 0.4) is 0 Å². The molecule has 4 nitrogen and oxygen atoms in total. The third-order valence-electron chi connectivity index (χ3n) is 4.36. The number of hydrogen-bond acceptors (Lipinski definition) is 5. The molecule has 0 unspecified atom stereocenters. The maximum absolute atomic E-state index is 13.0. The molecule has 3 heterocycles. The Kier molecular flexibility index (Phi) is 3.66. The van der Waals surface area contributed by atoms with Crippen molar-refractivity contribution in [3.8, 4) is 0 Å². The monoisotopic (exact) mass is 344 g/mol. The SMILES string of the molecule is Cc1nc2sc3c(c2c(=O)n1CC(=O)c1cccs1)CCCC3. The van der Waals surface area contributed by atoms with E-state index in [1.165, 1.54) is 32.8 Å². The molecule has 1 aliphatic rings. The van der Waals surface area contributed by atoms with E-state index in [-0.39, 0.29) is 17.9 Å². The topological polar surface area (TPSA) is 52.0 Å². The Bertz CT molecular complexity index is 951. The van der Waals surface area contributed by atoms with Crippen molar-refractivity contribution in [2.24, 2.45) is 0 Å². The molecule has 0 spiro atoms. The molecule has 118 valence electrons. The first kappa shape index (κ1) is 14.8. The predicted molar refractivity (Wildman–Crippen MR) is 93.9 cm³/mol. The number of carbonyl (C=O) groups excluding carboxylic acids is 1. The van der Waals surface area contributed by atoms with Crippen LogP contribution in [-0.2, 0) is 19.4 Å². The van der Waals surface area contributed by atoms with Crippen molar-refractivity contribution in [1.29, 1.82) is 0 Å². The van der Waals surface area contributed by atoms with Gasteiger partial charge in [-0.25, -0.2) is 4.98 Å². The summed E-state index contributed by atoms with van der Waals surface area (Å²) in [6.07, 6.45) is 4.31. The fourth-order valence-corrected chi connectivity index (χ4v) is 5.14. The van der Waals surface area contributed by atoms with Crippen molar-refractivity contribution in [2.45, 2.75) is 39.2 Å². The highest BCUT2D eigenvalue weighted by Gasteiger charge is 2.22. The summed E-state index contributed by atoms with van der Waals surface area (Å²) < 4.78 is 1.53. The number of carbonyl (C=O) groups is 1. The Morgan fingerprint density at radius 2 is 2.17 bits per heavy atom. The summed E-state index contributed by atoms with van der Waals surface area (Å²) in [4.78, 5) is 32.8. The molecule has 0 N–H and O–H groups in total. The van der Waals surface area contributed by atoms with E-state index in [1.807, 2.05) is 11.4 Å². The number of aromatic nitrogens is 2.